The quantitative estimate of drug-likeness (QED) is 0.686. The summed E-state index contributed by atoms with van der Waals surface area (Å²) in [6.45, 7) is 4.65. The van der Waals surface area contributed by atoms with Crippen molar-refractivity contribution >= 4 is 0 Å². The normalized spacial score (nSPS) is 26.6. The Hall–Kier alpha value is -0.0800. The molecule has 1 atom stereocenters. The second kappa shape index (κ2) is 4.63. The van der Waals surface area contributed by atoms with E-state index in [2.05, 4.69) is 6.92 Å². The Morgan fingerprint density at radius 2 is 1.71 bits per heavy atom. The van der Waals surface area contributed by atoms with Gasteiger partial charge >= 0.3 is 0 Å². The van der Waals surface area contributed by atoms with Crippen LogP contribution in [0.5, 0.6) is 0 Å². The van der Waals surface area contributed by atoms with Gasteiger partial charge in [0.1, 0.15) is 0 Å². The minimum absolute atomic E-state index is 0.0156. The van der Waals surface area contributed by atoms with Crippen LogP contribution in [0.4, 0.5) is 0 Å². The van der Waals surface area contributed by atoms with E-state index in [0.717, 1.165) is 19.3 Å². The van der Waals surface area contributed by atoms with Gasteiger partial charge in [0, 0.05) is 12.0 Å². The summed E-state index contributed by atoms with van der Waals surface area (Å²) < 4.78 is 0. The van der Waals surface area contributed by atoms with Crippen LogP contribution in [-0.4, -0.2) is 17.3 Å². The molecule has 1 unspecified atom stereocenters. The molecule has 1 saturated carbocycles. The van der Waals surface area contributed by atoms with Crippen molar-refractivity contribution in [2.24, 2.45) is 11.1 Å². The molecule has 2 nitrogen and oxygen atoms in total. The van der Waals surface area contributed by atoms with Gasteiger partial charge < -0.3 is 10.8 Å². The van der Waals surface area contributed by atoms with E-state index in [-0.39, 0.29) is 5.41 Å². The number of hydrogen-bond donors (Lipinski definition) is 2. The first-order chi connectivity index (χ1) is 6.58. The van der Waals surface area contributed by atoms with E-state index in [4.69, 9.17) is 5.73 Å². The summed E-state index contributed by atoms with van der Waals surface area (Å²) in [7, 11) is 0. The first-order valence-corrected chi connectivity index (χ1v) is 6.00. The zero-order valence-corrected chi connectivity index (χ0v) is 9.68. The average Bonchev–Trinajstić information content (AvgIpc) is 2.43. The van der Waals surface area contributed by atoms with Gasteiger partial charge in [-0.2, -0.15) is 0 Å². The van der Waals surface area contributed by atoms with Crippen molar-refractivity contribution in [2.45, 2.75) is 64.4 Å². The highest BCUT2D eigenvalue weighted by Gasteiger charge is 2.44. The summed E-state index contributed by atoms with van der Waals surface area (Å²) >= 11 is 0. The Bertz CT molecular complexity index is 169. The summed E-state index contributed by atoms with van der Waals surface area (Å²) in [5.74, 6) is 0. The van der Waals surface area contributed by atoms with Crippen LogP contribution in [0.1, 0.15) is 58.8 Å². The van der Waals surface area contributed by atoms with Crippen molar-refractivity contribution in [1.82, 2.24) is 0 Å². The van der Waals surface area contributed by atoms with Crippen LogP contribution in [0.3, 0.4) is 0 Å². The Kier molecular flexibility index (Phi) is 3.96. The van der Waals surface area contributed by atoms with Gasteiger partial charge in [-0.25, -0.2) is 0 Å². The number of nitrogens with two attached hydrogens (primary N) is 1. The van der Waals surface area contributed by atoms with Crippen LogP contribution < -0.4 is 5.73 Å². The van der Waals surface area contributed by atoms with Gasteiger partial charge in [-0.1, -0.05) is 32.6 Å². The third-order valence-corrected chi connectivity index (χ3v) is 4.28. The molecule has 0 aliphatic heterocycles. The highest BCUT2D eigenvalue weighted by atomic mass is 16.3. The van der Waals surface area contributed by atoms with Crippen LogP contribution in [-0.2, 0) is 0 Å². The van der Waals surface area contributed by atoms with E-state index in [9.17, 15) is 5.11 Å². The largest absolute Gasteiger partial charge is 0.390 e. The molecule has 1 fully saturated rings. The van der Waals surface area contributed by atoms with E-state index in [1.165, 1.54) is 25.7 Å². The van der Waals surface area contributed by atoms with E-state index in [1.54, 1.807) is 0 Å². The highest BCUT2D eigenvalue weighted by Crippen LogP contribution is 2.44. The molecule has 0 aromatic heterocycles. The molecule has 0 amide bonds. The summed E-state index contributed by atoms with van der Waals surface area (Å²) in [5.41, 5.74) is 5.32. The minimum Gasteiger partial charge on any atom is -0.390 e. The second-order valence-corrected chi connectivity index (χ2v) is 5.03. The van der Waals surface area contributed by atoms with E-state index < -0.39 is 5.60 Å². The molecule has 0 spiro atoms. The molecule has 1 aliphatic rings. The lowest BCUT2D eigenvalue weighted by Gasteiger charge is -2.44. The molecule has 3 N–H and O–H groups in total. The minimum atomic E-state index is -0.577. The number of aliphatic hydroxyl groups is 1. The summed E-state index contributed by atoms with van der Waals surface area (Å²) in [4.78, 5) is 0. The molecule has 0 radical (unpaired) electrons. The monoisotopic (exact) mass is 199 g/mol. The van der Waals surface area contributed by atoms with Gasteiger partial charge in [0.05, 0.1) is 5.60 Å². The third kappa shape index (κ3) is 2.12. The number of hydrogen-bond acceptors (Lipinski definition) is 2. The molecule has 2 heteroatoms. The fraction of sp³-hybridized carbons (Fsp3) is 1.00. The maximum absolute atomic E-state index is 10.4. The van der Waals surface area contributed by atoms with Gasteiger partial charge in [0.15, 0.2) is 0 Å². The SMILES string of the molecule is CCC(C)(O)C1(CN)CCCCCC1. The molecule has 0 aromatic carbocycles. The van der Waals surface area contributed by atoms with E-state index in [0.29, 0.717) is 6.54 Å². The third-order valence-electron chi connectivity index (χ3n) is 4.28. The maximum Gasteiger partial charge on any atom is 0.0685 e. The van der Waals surface area contributed by atoms with Crippen LogP contribution in [0.25, 0.3) is 0 Å². The van der Waals surface area contributed by atoms with Crippen molar-refractivity contribution in [3.63, 3.8) is 0 Å². The first kappa shape index (κ1) is 12.0. The van der Waals surface area contributed by atoms with Crippen LogP contribution in [0.2, 0.25) is 0 Å². The van der Waals surface area contributed by atoms with Crippen LogP contribution >= 0.6 is 0 Å². The van der Waals surface area contributed by atoms with Crippen molar-refractivity contribution in [3.8, 4) is 0 Å². The first-order valence-electron chi connectivity index (χ1n) is 6.00. The molecule has 14 heavy (non-hydrogen) atoms. The van der Waals surface area contributed by atoms with Gasteiger partial charge in [-0.3, -0.25) is 0 Å². The van der Waals surface area contributed by atoms with E-state index in [1.807, 2.05) is 6.92 Å². The van der Waals surface area contributed by atoms with Gasteiger partial charge in [-0.15, -0.1) is 0 Å². The smallest absolute Gasteiger partial charge is 0.0685 e. The second-order valence-electron chi connectivity index (χ2n) is 5.03. The lowest BCUT2D eigenvalue weighted by molar-refractivity contribution is -0.0774. The van der Waals surface area contributed by atoms with Crippen LogP contribution in [0.15, 0.2) is 0 Å². The molecule has 84 valence electrons. The molecule has 1 rings (SSSR count). The van der Waals surface area contributed by atoms with Gasteiger partial charge in [0.2, 0.25) is 0 Å². The summed E-state index contributed by atoms with van der Waals surface area (Å²) in [6.07, 6.45) is 8.09. The Labute approximate surface area is 87.9 Å². The van der Waals surface area contributed by atoms with Gasteiger partial charge in [-0.05, 0) is 26.2 Å². The predicted octanol–water partition coefficient (Wildman–Crippen LogP) is 2.45. The zero-order valence-electron chi connectivity index (χ0n) is 9.68. The molecule has 1 aliphatic carbocycles. The van der Waals surface area contributed by atoms with Crippen LogP contribution in [0, 0.1) is 5.41 Å². The van der Waals surface area contributed by atoms with Crippen molar-refractivity contribution < 1.29 is 5.11 Å². The topological polar surface area (TPSA) is 46.2 Å². The highest BCUT2D eigenvalue weighted by molar-refractivity contribution is 4.96. The lowest BCUT2D eigenvalue weighted by Crippen LogP contribution is -2.50. The van der Waals surface area contributed by atoms with Crippen molar-refractivity contribution in [3.05, 3.63) is 0 Å². The lowest BCUT2D eigenvalue weighted by atomic mass is 9.66. The molecule has 0 saturated heterocycles. The fourth-order valence-electron chi connectivity index (χ4n) is 2.74. The standard InChI is InChI=1S/C12H25NO/c1-3-11(2,14)12(10-13)8-6-4-5-7-9-12/h14H,3-10,13H2,1-2H3. The fourth-order valence-corrected chi connectivity index (χ4v) is 2.74. The Balaban J connectivity index is 2.81. The maximum atomic E-state index is 10.4. The average molecular weight is 199 g/mol. The van der Waals surface area contributed by atoms with Crippen molar-refractivity contribution in [2.75, 3.05) is 6.54 Å². The molecule has 0 bridgehead atoms. The van der Waals surface area contributed by atoms with Gasteiger partial charge in [0.25, 0.3) is 0 Å². The molecular weight excluding hydrogens is 174 g/mol. The molecule has 0 aromatic rings. The summed E-state index contributed by atoms with van der Waals surface area (Å²) in [6, 6.07) is 0. The Morgan fingerprint density at radius 1 is 1.21 bits per heavy atom. The van der Waals surface area contributed by atoms with Crippen molar-refractivity contribution in [1.29, 1.82) is 0 Å². The summed E-state index contributed by atoms with van der Waals surface area (Å²) in [5, 5.41) is 10.4. The Morgan fingerprint density at radius 3 is 2.07 bits per heavy atom. The zero-order chi connectivity index (χ0) is 10.7. The predicted molar refractivity (Wildman–Crippen MR) is 60.1 cm³/mol. The number of rotatable bonds is 3. The molecule has 0 heterocycles. The molecular formula is C12H25NO. The van der Waals surface area contributed by atoms with E-state index >= 15 is 0 Å².